The Morgan fingerprint density at radius 1 is 1.00 bits per heavy atom. The number of carbonyl (C=O) groups is 2. The van der Waals surface area contributed by atoms with E-state index in [1.807, 2.05) is 55.1 Å². The van der Waals surface area contributed by atoms with Crippen molar-refractivity contribution in [1.82, 2.24) is 10.9 Å². The van der Waals surface area contributed by atoms with E-state index in [9.17, 15) is 9.59 Å². The molecule has 1 heterocycles. The maximum atomic E-state index is 12.2. The third-order valence-electron chi connectivity index (χ3n) is 4.64. The number of nitrogens with one attached hydrogen (secondary N) is 2. The predicted octanol–water partition coefficient (Wildman–Crippen LogP) is 2.28. The van der Waals surface area contributed by atoms with Crippen LogP contribution in [0.3, 0.4) is 0 Å². The Labute approximate surface area is 159 Å². The van der Waals surface area contributed by atoms with Crippen LogP contribution < -0.4 is 20.5 Å². The highest BCUT2D eigenvalue weighted by Crippen LogP contribution is 2.26. The van der Waals surface area contributed by atoms with E-state index in [1.165, 1.54) is 5.56 Å². The number of benzene rings is 2. The Bertz CT molecular complexity index is 815. The van der Waals surface area contributed by atoms with E-state index in [4.69, 9.17) is 4.74 Å². The quantitative estimate of drug-likeness (QED) is 0.796. The van der Waals surface area contributed by atoms with Gasteiger partial charge in [0.05, 0.1) is 6.54 Å². The van der Waals surface area contributed by atoms with Crippen LogP contribution in [0.25, 0.3) is 0 Å². The molecule has 0 aliphatic carbocycles. The molecule has 0 bridgehead atoms. The van der Waals surface area contributed by atoms with Gasteiger partial charge in [-0.15, -0.1) is 0 Å². The molecule has 3 rings (SSSR count). The lowest BCUT2D eigenvalue weighted by atomic mass is 10.0. The van der Waals surface area contributed by atoms with Crippen LogP contribution in [-0.2, 0) is 16.0 Å². The van der Waals surface area contributed by atoms with Gasteiger partial charge in [0.25, 0.3) is 11.8 Å². The van der Waals surface area contributed by atoms with Gasteiger partial charge in [-0.25, -0.2) is 0 Å². The van der Waals surface area contributed by atoms with E-state index in [1.54, 1.807) is 0 Å². The summed E-state index contributed by atoms with van der Waals surface area (Å²) >= 11 is 0. The molecule has 0 fully saturated rings. The number of fused-ring (bicyclic) bond motifs is 1. The van der Waals surface area contributed by atoms with E-state index in [-0.39, 0.29) is 19.1 Å². The second-order valence-electron chi connectivity index (χ2n) is 6.76. The first-order valence-corrected chi connectivity index (χ1v) is 9.14. The highest BCUT2D eigenvalue weighted by Gasteiger charge is 2.18. The van der Waals surface area contributed by atoms with Gasteiger partial charge in [0.15, 0.2) is 6.61 Å². The van der Waals surface area contributed by atoms with E-state index in [2.05, 4.69) is 16.9 Å². The van der Waals surface area contributed by atoms with Gasteiger partial charge >= 0.3 is 0 Å². The number of carbonyl (C=O) groups excluding carboxylic acids is 2. The van der Waals surface area contributed by atoms with Crippen molar-refractivity contribution in [3.05, 3.63) is 59.2 Å². The minimum atomic E-state index is -0.398. The summed E-state index contributed by atoms with van der Waals surface area (Å²) in [6.45, 7) is 4.73. The molecule has 2 N–H and O–H groups in total. The standard InChI is InChI=1S/C21H25N3O3/c1-15-7-5-8-16(2)21(15)27-14-20(26)23-22-19(25)13-24-12-6-10-17-9-3-4-11-18(17)24/h3-5,7-9,11H,6,10,12-14H2,1-2H3,(H,22,25)(H,23,26). The molecule has 1 aliphatic heterocycles. The van der Waals surface area contributed by atoms with Crippen LogP contribution in [0.1, 0.15) is 23.1 Å². The first-order valence-electron chi connectivity index (χ1n) is 9.14. The highest BCUT2D eigenvalue weighted by molar-refractivity contribution is 5.85. The van der Waals surface area contributed by atoms with Crippen LogP contribution in [0.5, 0.6) is 5.75 Å². The lowest BCUT2D eigenvalue weighted by Crippen LogP contribution is -2.48. The zero-order valence-corrected chi connectivity index (χ0v) is 15.7. The number of anilines is 1. The van der Waals surface area contributed by atoms with Gasteiger partial charge in [-0.2, -0.15) is 0 Å². The third kappa shape index (κ3) is 4.78. The second-order valence-corrected chi connectivity index (χ2v) is 6.76. The summed E-state index contributed by atoms with van der Waals surface area (Å²) in [5.74, 6) is 0.0427. The average Bonchev–Trinajstić information content (AvgIpc) is 2.66. The largest absolute Gasteiger partial charge is 0.483 e. The van der Waals surface area contributed by atoms with Gasteiger partial charge in [0.1, 0.15) is 5.75 Å². The molecule has 0 saturated carbocycles. The van der Waals surface area contributed by atoms with Gasteiger partial charge < -0.3 is 9.64 Å². The Balaban J connectivity index is 1.46. The topological polar surface area (TPSA) is 70.7 Å². The highest BCUT2D eigenvalue weighted by atomic mass is 16.5. The van der Waals surface area contributed by atoms with Gasteiger partial charge in [-0.05, 0) is 49.4 Å². The summed E-state index contributed by atoms with van der Waals surface area (Å²) in [5, 5.41) is 0. The van der Waals surface area contributed by atoms with E-state index in [0.717, 1.165) is 36.2 Å². The number of nitrogens with zero attached hydrogens (tertiary/aromatic N) is 1. The van der Waals surface area contributed by atoms with E-state index >= 15 is 0 Å². The number of hydrazine groups is 1. The predicted molar refractivity (Wildman–Crippen MR) is 105 cm³/mol. The summed E-state index contributed by atoms with van der Waals surface area (Å²) in [7, 11) is 0. The molecular formula is C21H25N3O3. The Hall–Kier alpha value is -3.02. The van der Waals surface area contributed by atoms with Crippen LogP contribution in [0.2, 0.25) is 0 Å². The fourth-order valence-corrected chi connectivity index (χ4v) is 3.33. The third-order valence-corrected chi connectivity index (χ3v) is 4.64. The molecule has 2 amide bonds. The molecule has 2 aromatic rings. The summed E-state index contributed by atoms with van der Waals surface area (Å²) in [6.07, 6.45) is 2.04. The molecule has 0 radical (unpaired) electrons. The van der Waals surface area contributed by atoms with Crippen LogP contribution in [-0.4, -0.2) is 31.5 Å². The van der Waals surface area contributed by atoms with E-state index < -0.39 is 5.91 Å². The maximum Gasteiger partial charge on any atom is 0.276 e. The van der Waals surface area contributed by atoms with Gasteiger partial charge in [0.2, 0.25) is 0 Å². The normalized spacial score (nSPS) is 12.9. The Kier molecular flexibility index (Phi) is 5.96. The lowest BCUT2D eigenvalue weighted by Gasteiger charge is -2.30. The van der Waals surface area contributed by atoms with Crippen molar-refractivity contribution >= 4 is 17.5 Å². The number of hydrogen-bond acceptors (Lipinski definition) is 4. The zero-order valence-electron chi connectivity index (χ0n) is 15.7. The molecule has 0 aromatic heterocycles. The number of aryl methyl sites for hydroxylation is 3. The zero-order chi connectivity index (χ0) is 19.2. The first-order chi connectivity index (χ1) is 13.0. The van der Waals surface area contributed by atoms with Crippen LogP contribution in [0, 0.1) is 13.8 Å². The van der Waals surface area contributed by atoms with Crippen molar-refractivity contribution in [3.63, 3.8) is 0 Å². The van der Waals surface area contributed by atoms with Crippen molar-refractivity contribution in [1.29, 1.82) is 0 Å². The first kappa shape index (κ1) is 18.8. The molecule has 0 atom stereocenters. The van der Waals surface area contributed by atoms with Crippen LogP contribution >= 0.6 is 0 Å². The van der Waals surface area contributed by atoms with Crippen molar-refractivity contribution in [2.45, 2.75) is 26.7 Å². The molecule has 1 aliphatic rings. The average molecular weight is 367 g/mol. The van der Waals surface area contributed by atoms with Crippen molar-refractivity contribution in [2.24, 2.45) is 0 Å². The molecular weight excluding hydrogens is 342 g/mol. The number of rotatable bonds is 5. The van der Waals surface area contributed by atoms with Gasteiger partial charge in [-0.1, -0.05) is 36.4 Å². The second kappa shape index (κ2) is 8.58. The SMILES string of the molecule is Cc1cccc(C)c1OCC(=O)NNC(=O)CN1CCCc2ccccc21. The Morgan fingerprint density at radius 2 is 1.70 bits per heavy atom. The molecule has 0 unspecified atom stereocenters. The van der Waals surface area contributed by atoms with Gasteiger partial charge in [-0.3, -0.25) is 20.4 Å². The minimum absolute atomic E-state index is 0.154. The Morgan fingerprint density at radius 3 is 2.48 bits per heavy atom. The summed E-state index contributed by atoms with van der Waals surface area (Å²) in [6, 6.07) is 13.9. The van der Waals surface area contributed by atoms with Crippen LogP contribution in [0.15, 0.2) is 42.5 Å². The maximum absolute atomic E-state index is 12.2. The molecule has 0 saturated heterocycles. The van der Waals surface area contributed by atoms with Crippen molar-refractivity contribution in [2.75, 3.05) is 24.6 Å². The summed E-state index contributed by atoms with van der Waals surface area (Å²) in [5.41, 5.74) is 9.16. The number of hydrogen-bond donors (Lipinski definition) is 2. The molecule has 142 valence electrons. The molecule has 0 spiro atoms. The van der Waals surface area contributed by atoms with Crippen LogP contribution in [0.4, 0.5) is 5.69 Å². The molecule has 6 nitrogen and oxygen atoms in total. The molecule has 2 aromatic carbocycles. The smallest absolute Gasteiger partial charge is 0.276 e. The van der Waals surface area contributed by atoms with Crippen molar-refractivity contribution < 1.29 is 14.3 Å². The molecule has 27 heavy (non-hydrogen) atoms. The lowest BCUT2D eigenvalue weighted by molar-refractivity contribution is -0.129. The fraction of sp³-hybridized carbons (Fsp3) is 0.333. The fourth-order valence-electron chi connectivity index (χ4n) is 3.33. The van der Waals surface area contributed by atoms with E-state index in [0.29, 0.717) is 5.75 Å². The monoisotopic (exact) mass is 367 g/mol. The summed E-state index contributed by atoms with van der Waals surface area (Å²) in [4.78, 5) is 26.2. The number of ether oxygens (including phenoxy) is 1. The summed E-state index contributed by atoms with van der Waals surface area (Å²) < 4.78 is 5.58. The minimum Gasteiger partial charge on any atom is -0.483 e. The number of amides is 2. The van der Waals surface area contributed by atoms with Crippen molar-refractivity contribution in [3.8, 4) is 5.75 Å². The molecule has 6 heteroatoms. The number of para-hydroxylation sites is 2. The van der Waals surface area contributed by atoms with Gasteiger partial charge in [0, 0.05) is 12.2 Å².